The first-order valence-electron chi connectivity index (χ1n) is 17.6. The molecule has 1 saturated heterocycles. The van der Waals surface area contributed by atoms with E-state index in [1.165, 1.54) is 69.9 Å². The average Bonchev–Trinajstić information content (AvgIpc) is 3.34. The Morgan fingerprint density at radius 3 is 2.43 bits per heavy atom. The van der Waals surface area contributed by atoms with Gasteiger partial charge in [0, 0.05) is 25.3 Å². The molecule has 8 atom stereocenters. The highest BCUT2D eigenvalue weighted by Gasteiger charge is 2.60. The minimum atomic E-state index is 0. The number of carbonyl (C=O) groups is 1. The summed E-state index contributed by atoms with van der Waals surface area (Å²) in [4.78, 5) is 13.2. The number of piperidine rings is 1. The van der Waals surface area contributed by atoms with Gasteiger partial charge in [0.15, 0.2) is 0 Å². The normalized spacial score (nSPS) is 41.8. The van der Waals surface area contributed by atoms with Crippen molar-refractivity contribution >= 4 is 11.6 Å². The average molecular weight is 640 g/mol. The van der Waals surface area contributed by atoms with Crippen molar-refractivity contribution in [3.63, 3.8) is 0 Å². The van der Waals surface area contributed by atoms with Gasteiger partial charge in [-0.05, 0) is 122 Å². The Balaban J connectivity index is 0.00000353. The van der Waals surface area contributed by atoms with Crippen LogP contribution in [0.15, 0.2) is 43.0 Å². The fourth-order valence-corrected chi connectivity index (χ4v) is 11.9. The molecule has 6 rings (SSSR count). The van der Waals surface area contributed by atoms with Gasteiger partial charge in [-0.1, -0.05) is 58.4 Å². The molecule has 5 fully saturated rings. The summed E-state index contributed by atoms with van der Waals surface area (Å²) in [5.41, 5.74) is 2.51. The summed E-state index contributed by atoms with van der Waals surface area (Å²) >= 11 is 0. The number of rotatable bonds is 8. The van der Waals surface area contributed by atoms with Gasteiger partial charge in [-0.15, -0.1) is 0 Å². The molecule has 1 aromatic rings. The van der Waals surface area contributed by atoms with Crippen molar-refractivity contribution in [1.29, 1.82) is 0 Å². The second-order valence-electron chi connectivity index (χ2n) is 15.9. The van der Waals surface area contributed by atoms with E-state index in [4.69, 9.17) is 0 Å². The Kier molecular flexibility index (Phi) is 10.0. The standard InChI is InChI=1S/C38H58N2O.BrH/c1-5-25-40(31-12-7-6-8-13-31)26-21-30(22-27-40)39-36(41)19-14-28(2)33-17-18-34-32-16-15-29-11-9-10-23-37(29,3)35(32)20-24-38(33,34)4;/h5-8,12-13,28-30,32-35H,1,9-11,14-27H2,2-4H3;1H/t28?,29?,30?,32-,33+,34-,35-,37-,38+,40?;/m0./s1. The highest BCUT2D eigenvalue weighted by Crippen LogP contribution is 2.68. The first-order chi connectivity index (χ1) is 19.8. The minimum absolute atomic E-state index is 0. The van der Waals surface area contributed by atoms with Gasteiger partial charge in [0.1, 0.15) is 12.2 Å². The minimum Gasteiger partial charge on any atom is -1.00 e. The lowest BCUT2D eigenvalue weighted by Crippen LogP contribution is -3.00. The summed E-state index contributed by atoms with van der Waals surface area (Å²) in [6.45, 7) is 15.0. The van der Waals surface area contributed by atoms with Crippen molar-refractivity contribution in [3.8, 4) is 0 Å². The van der Waals surface area contributed by atoms with Gasteiger partial charge in [-0.25, -0.2) is 0 Å². The molecule has 3 nitrogen and oxygen atoms in total. The van der Waals surface area contributed by atoms with Gasteiger partial charge < -0.3 is 22.3 Å². The third-order valence-electron chi connectivity index (χ3n) is 14.1. The topological polar surface area (TPSA) is 29.1 Å². The Morgan fingerprint density at radius 2 is 1.69 bits per heavy atom. The number of halogens is 1. The van der Waals surface area contributed by atoms with Gasteiger partial charge in [0.25, 0.3) is 0 Å². The maximum atomic E-state index is 13.2. The number of nitrogens with zero attached hydrogens (tertiary/aromatic N) is 1. The van der Waals surface area contributed by atoms with Gasteiger partial charge >= 0.3 is 0 Å². The molecule has 0 aromatic heterocycles. The van der Waals surface area contributed by atoms with Crippen molar-refractivity contribution in [1.82, 2.24) is 9.80 Å². The maximum Gasteiger partial charge on any atom is 0.220 e. The van der Waals surface area contributed by atoms with Crippen molar-refractivity contribution in [2.45, 2.75) is 117 Å². The number of nitrogens with one attached hydrogen (secondary N) is 1. The smallest absolute Gasteiger partial charge is 0.220 e. The van der Waals surface area contributed by atoms with E-state index >= 15 is 0 Å². The Morgan fingerprint density at radius 1 is 0.952 bits per heavy atom. The van der Waals surface area contributed by atoms with Crippen LogP contribution in [0.5, 0.6) is 0 Å². The van der Waals surface area contributed by atoms with Gasteiger partial charge in [0.05, 0.1) is 13.1 Å². The summed E-state index contributed by atoms with van der Waals surface area (Å²) in [5.74, 6) is 5.64. The van der Waals surface area contributed by atoms with Gasteiger partial charge in [-0.3, -0.25) is 9.28 Å². The molecule has 0 spiro atoms. The SMILES string of the molecule is C=CC[N+]1(c2ccccc2)CCC(NC(=O)CCC(C)[C@H]2CC[C@H]3[C@@H]4CCC5CCCC[C@]5(C)[C@H]4CC[C@]23C)CC1.[Br-]. The zero-order valence-electron chi connectivity index (χ0n) is 27.0. The van der Waals surface area contributed by atoms with E-state index in [2.05, 4.69) is 69.1 Å². The Labute approximate surface area is 268 Å². The number of benzene rings is 1. The number of quaternary nitrogens is 1. The molecular formula is C38H59BrN2O. The van der Waals surface area contributed by atoms with E-state index in [-0.39, 0.29) is 22.9 Å². The van der Waals surface area contributed by atoms with E-state index in [0.29, 0.717) is 29.2 Å². The monoisotopic (exact) mass is 638 g/mol. The molecule has 42 heavy (non-hydrogen) atoms. The molecule has 1 aliphatic heterocycles. The Hall–Kier alpha value is -1.13. The van der Waals surface area contributed by atoms with E-state index in [1.807, 2.05) is 0 Å². The van der Waals surface area contributed by atoms with E-state index in [1.54, 1.807) is 0 Å². The molecule has 1 heterocycles. The molecule has 4 aliphatic carbocycles. The zero-order valence-corrected chi connectivity index (χ0v) is 28.6. The van der Waals surface area contributed by atoms with Crippen LogP contribution in [-0.4, -0.2) is 31.6 Å². The number of fused-ring (bicyclic) bond motifs is 5. The van der Waals surface area contributed by atoms with Crippen molar-refractivity contribution in [2.24, 2.45) is 46.3 Å². The second kappa shape index (κ2) is 13.1. The molecule has 2 unspecified atom stereocenters. The molecule has 234 valence electrons. The van der Waals surface area contributed by atoms with Crippen molar-refractivity contribution in [3.05, 3.63) is 43.0 Å². The molecule has 4 heteroatoms. The van der Waals surface area contributed by atoms with Gasteiger partial charge in [-0.2, -0.15) is 0 Å². The molecule has 1 aromatic carbocycles. The number of hydrogen-bond acceptors (Lipinski definition) is 1. The van der Waals surface area contributed by atoms with Crippen LogP contribution >= 0.6 is 0 Å². The number of hydrogen-bond donors (Lipinski definition) is 1. The van der Waals surface area contributed by atoms with Crippen LogP contribution < -0.4 is 26.8 Å². The van der Waals surface area contributed by atoms with Crippen LogP contribution in [0.1, 0.15) is 111 Å². The van der Waals surface area contributed by atoms with Crippen molar-refractivity contribution in [2.75, 3.05) is 19.6 Å². The van der Waals surface area contributed by atoms with Crippen LogP contribution in [0.3, 0.4) is 0 Å². The largest absolute Gasteiger partial charge is 1.00 e. The summed E-state index contributed by atoms with van der Waals surface area (Å²) < 4.78 is 0.969. The third kappa shape index (κ3) is 5.82. The highest BCUT2D eigenvalue weighted by atomic mass is 79.9. The first kappa shape index (κ1) is 32.3. The van der Waals surface area contributed by atoms with Crippen LogP contribution in [0.4, 0.5) is 5.69 Å². The van der Waals surface area contributed by atoms with Crippen LogP contribution in [0, 0.1) is 46.3 Å². The third-order valence-corrected chi connectivity index (χ3v) is 14.1. The fourth-order valence-electron chi connectivity index (χ4n) is 11.9. The quantitative estimate of drug-likeness (QED) is 0.278. The van der Waals surface area contributed by atoms with Crippen molar-refractivity contribution < 1.29 is 21.8 Å². The highest BCUT2D eigenvalue weighted by molar-refractivity contribution is 5.76. The number of carbonyl (C=O) groups excluding carboxylic acids is 1. The van der Waals surface area contributed by atoms with Crippen LogP contribution in [0.25, 0.3) is 0 Å². The summed E-state index contributed by atoms with van der Waals surface area (Å²) in [6, 6.07) is 11.2. The summed E-state index contributed by atoms with van der Waals surface area (Å²) in [6.07, 6.45) is 20.7. The number of likely N-dealkylation sites (tertiary alicyclic amines) is 1. The molecule has 0 bridgehead atoms. The molecule has 1 N–H and O–H groups in total. The lowest BCUT2D eigenvalue weighted by Gasteiger charge is -2.61. The van der Waals surface area contributed by atoms with Crippen LogP contribution in [0.2, 0.25) is 0 Å². The molecule has 4 saturated carbocycles. The molecular weight excluding hydrogens is 580 g/mol. The Bertz CT molecular complexity index is 1070. The predicted octanol–water partition coefficient (Wildman–Crippen LogP) is 5.93. The van der Waals surface area contributed by atoms with Crippen LogP contribution in [-0.2, 0) is 4.79 Å². The first-order valence-corrected chi connectivity index (χ1v) is 17.6. The lowest BCUT2D eigenvalue weighted by atomic mass is 9.44. The fraction of sp³-hybridized carbons (Fsp3) is 0.763. The molecule has 0 radical (unpaired) electrons. The molecule has 1 amide bonds. The zero-order chi connectivity index (χ0) is 28.7. The summed E-state index contributed by atoms with van der Waals surface area (Å²) in [5, 5.41) is 3.45. The maximum absolute atomic E-state index is 13.2. The van der Waals surface area contributed by atoms with E-state index in [0.717, 1.165) is 73.0 Å². The number of amides is 1. The van der Waals surface area contributed by atoms with E-state index in [9.17, 15) is 4.79 Å². The summed E-state index contributed by atoms with van der Waals surface area (Å²) in [7, 11) is 0. The lowest BCUT2D eigenvalue weighted by molar-refractivity contribution is -0.123. The van der Waals surface area contributed by atoms with Gasteiger partial charge in [0.2, 0.25) is 5.91 Å². The predicted molar refractivity (Wildman–Crippen MR) is 172 cm³/mol. The molecule has 5 aliphatic rings. The van der Waals surface area contributed by atoms with E-state index < -0.39 is 0 Å². The number of para-hydroxylation sites is 1. The second-order valence-corrected chi connectivity index (χ2v) is 15.9.